The summed E-state index contributed by atoms with van der Waals surface area (Å²) >= 11 is 0. The fourth-order valence-corrected chi connectivity index (χ4v) is 1.84. The van der Waals surface area contributed by atoms with E-state index < -0.39 is 44.2 Å². The fourth-order valence-electron chi connectivity index (χ4n) is 1.16. The van der Waals surface area contributed by atoms with Crippen LogP contribution in [0.5, 0.6) is 0 Å². The van der Waals surface area contributed by atoms with Crippen molar-refractivity contribution in [1.82, 2.24) is 0 Å². The van der Waals surface area contributed by atoms with Crippen LogP contribution in [0, 0.1) is 0 Å². The Labute approximate surface area is 113 Å². The number of hydrogen-bond acceptors (Lipinski definition) is 10. The average molecular weight is 314 g/mol. The van der Waals surface area contributed by atoms with Crippen molar-refractivity contribution < 1.29 is 47.6 Å². The van der Waals surface area contributed by atoms with Gasteiger partial charge in [0.15, 0.2) is 5.60 Å². The second kappa shape index (κ2) is 7.31. The van der Waals surface area contributed by atoms with Gasteiger partial charge in [-0.3, -0.25) is 18.7 Å². The number of methoxy groups -OCH3 is 2. The number of carbonyl (C=O) groups excluding carboxylic acids is 2. The van der Waals surface area contributed by atoms with Gasteiger partial charge in [0.2, 0.25) is 0 Å². The molecule has 0 aromatic rings. The monoisotopic (exact) mass is 314 g/mol. The number of ether oxygens (including phenoxy) is 2. The molecule has 0 bridgehead atoms. The summed E-state index contributed by atoms with van der Waals surface area (Å²) in [5, 5.41) is 9.07. The number of hydrogen-bond donors (Lipinski definition) is 2. The van der Waals surface area contributed by atoms with Gasteiger partial charge in [0, 0.05) is 0 Å². The predicted octanol–water partition coefficient (Wildman–Crippen LogP) is -1.69. The van der Waals surface area contributed by atoms with Crippen LogP contribution in [0.3, 0.4) is 0 Å². The summed E-state index contributed by atoms with van der Waals surface area (Å²) in [5.41, 5.74) is -2.78. The van der Waals surface area contributed by atoms with E-state index in [1.54, 1.807) is 0 Å². The second-order valence-corrected chi connectivity index (χ2v) is 4.74. The number of rotatable bonds is 8. The Bertz CT molecular complexity index is 417. The van der Waals surface area contributed by atoms with E-state index in [1.165, 1.54) is 0 Å². The Morgan fingerprint density at radius 1 is 1.20 bits per heavy atom. The minimum atomic E-state index is -5.25. The lowest BCUT2D eigenvalue weighted by atomic mass is 9.96. The SMILES string of the molecule is COC(=O)CC(CC(=O)OC)(OP(=O)([O-])ON)C(=O)O. The first kappa shape index (κ1) is 18.5. The van der Waals surface area contributed by atoms with Crippen molar-refractivity contribution in [3.05, 3.63) is 0 Å². The lowest BCUT2D eigenvalue weighted by molar-refractivity contribution is -0.240. The Morgan fingerprint density at radius 2 is 1.60 bits per heavy atom. The Hall–Kier alpha value is -1.52. The van der Waals surface area contributed by atoms with E-state index >= 15 is 0 Å². The summed E-state index contributed by atoms with van der Waals surface area (Å²) in [6.07, 6.45) is -2.16. The minimum absolute atomic E-state index is 0.934. The molecule has 0 aliphatic heterocycles. The first-order valence-electron chi connectivity index (χ1n) is 4.90. The topological polar surface area (TPSA) is 175 Å². The van der Waals surface area contributed by atoms with Gasteiger partial charge in [0.1, 0.15) is 0 Å². The van der Waals surface area contributed by atoms with E-state index in [9.17, 15) is 23.8 Å². The van der Waals surface area contributed by atoms with E-state index in [-0.39, 0.29) is 0 Å². The number of carboxylic acid groups (broad SMARTS) is 1. The minimum Gasteiger partial charge on any atom is -0.755 e. The third-order valence-electron chi connectivity index (χ3n) is 2.12. The van der Waals surface area contributed by atoms with Gasteiger partial charge >= 0.3 is 17.9 Å². The van der Waals surface area contributed by atoms with Crippen molar-refractivity contribution in [2.45, 2.75) is 18.4 Å². The molecule has 0 aromatic heterocycles. The largest absolute Gasteiger partial charge is 0.755 e. The molecule has 0 saturated heterocycles. The molecule has 11 nitrogen and oxygen atoms in total. The number of esters is 2. The zero-order valence-corrected chi connectivity index (χ0v) is 11.5. The molecule has 0 aromatic carbocycles. The molecule has 0 aliphatic rings. The highest BCUT2D eigenvalue weighted by Gasteiger charge is 2.48. The molecule has 3 N–H and O–H groups in total. The molecule has 20 heavy (non-hydrogen) atoms. The molecule has 116 valence electrons. The van der Waals surface area contributed by atoms with Crippen molar-refractivity contribution >= 4 is 25.7 Å². The number of phosphoric acid groups is 1. The van der Waals surface area contributed by atoms with Gasteiger partial charge in [-0.15, -0.1) is 0 Å². The number of phosphoric ester groups is 1. The van der Waals surface area contributed by atoms with Gasteiger partial charge in [-0.25, -0.2) is 15.3 Å². The van der Waals surface area contributed by atoms with Gasteiger partial charge < -0.3 is 19.5 Å². The maximum Gasteiger partial charge on any atom is 0.337 e. The molecule has 0 saturated carbocycles. The molecule has 0 aliphatic carbocycles. The van der Waals surface area contributed by atoms with E-state index in [1.807, 2.05) is 0 Å². The molecule has 0 spiro atoms. The van der Waals surface area contributed by atoms with E-state index in [0.717, 1.165) is 14.2 Å². The maximum absolute atomic E-state index is 11.2. The molecule has 0 heterocycles. The summed E-state index contributed by atoms with van der Waals surface area (Å²) in [6, 6.07) is 0. The van der Waals surface area contributed by atoms with Crippen molar-refractivity contribution in [2.24, 2.45) is 5.90 Å². The lowest BCUT2D eigenvalue weighted by Crippen LogP contribution is -2.46. The first-order valence-corrected chi connectivity index (χ1v) is 6.36. The second-order valence-electron chi connectivity index (χ2n) is 3.45. The average Bonchev–Trinajstić information content (AvgIpc) is 2.37. The van der Waals surface area contributed by atoms with Crippen LogP contribution in [-0.2, 0) is 37.6 Å². The number of carbonyl (C=O) groups is 3. The summed E-state index contributed by atoms with van der Waals surface area (Å²) < 4.78 is 27.3. The molecule has 0 amide bonds. The van der Waals surface area contributed by atoms with Gasteiger partial charge in [0.05, 0.1) is 27.1 Å². The standard InChI is InChI=1S/C8H14NO10P/c1-16-5(10)3-8(7(12)13,4-6(11)17-2)18-20(14,15)19-9/h3-4,9H2,1-2H3,(H,12,13)(H,14,15)/p-1. The van der Waals surface area contributed by atoms with Crippen LogP contribution in [-0.4, -0.2) is 42.8 Å². The van der Waals surface area contributed by atoms with Crippen LogP contribution in [0.15, 0.2) is 0 Å². The first-order chi connectivity index (χ1) is 9.12. The lowest BCUT2D eigenvalue weighted by Gasteiger charge is -2.32. The quantitative estimate of drug-likeness (QED) is 0.297. The molecule has 1 unspecified atom stereocenters. The summed E-state index contributed by atoms with van der Waals surface area (Å²) in [6.45, 7) is 0. The maximum atomic E-state index is 11.2. The van der Waals surface area contributed by atoms with E-state index in [4.69, 9.17) is 5.11 Å². The molecular formula is C8H13NO10P-. The number of nitrogens with two attached hydrogens (primary N) is 1. The van der Waals surface area contributed by atoms with Crippen LogP contribution in [0.4, 0.5) is 0 Å². The van der Waals surface area contributed by atoms with Crippen molar-refractivity contribution in [3.8, 4) is 0 Å². The predicted molar refractivity (Wildman–Crippen MR) is 57.6 cm³/mol. The summed E-state index contributed by atoms with van der Waals surface area (Å²) in [7, 11) is -3.38. The van der Waals surface area contributed by atoms with Gasteiger partial charge in [0.25, 0.3) is 7.82 Å². The molecule has 0 radical (unpaired) electrons. The molecule has 0 fully saturated rings. The highest BCUT2D eigenvalue weighted by Crippen LogP contribution is 2.44. The highest BCUT2D eigenvalue weighted by atomic mass is 31.2. The summed E-state index contributed by atoms with van der Waals surface area (Å²) in [4.78, 5) is 44.8. The zero-order valence-electron chi connectivity index (χ0n) is 10.6. The van der Waals surface area contributed by atoms with E-state index in [2.05, 4.69) is 24.5 Å². The van der Waals surface area contributed by atoms with Gasteiger partial charge in [-0.2, -0.15) is 0 Å². The van der Waals surface area contributed by atoms with E-state index in [0.29, 0.717) is 0 Å². The Kier molecular flexibility index (Phi) is 6.76. The van der Waals surface area contributed by atoms with Crippen molar-refractivity contribution in [1.29, 1.82) is 0 Å². The molecule has 0 rings (SSSR count). The zero-order chi connectivity index (χ0) is 16.0. The van der Waals surface area contributed by atoms with Gasteiger partial charge in [-0.1, -0.05) is 0 Å². The third-order valence-corrected chi connectivity index (χ3v) is 2.95. The van der Waals surface area contributed by atoms with Crippen LogP contribution in [0.25, 0.3) is 0 Å². The molecular weight excluding hydrogens is 301 g/mol. The van der Waals surface area contributed by atoms with Gasteiger partial charge in [-0.05, 0) is 0 Å². The van der Waals surface area contributed by atoms with Crippen LogP contribution >= 0.6 is 7.82 Å². The summed E-state index contributed by atoms with van der Waals surface area (Å²) in [5.74, 6) is 0.237. The number of carboxylic acids is 1. The van der Waals surface area contributed by atoms with Crippen LogP contribution < -0.4 is 10.8 Å². The van der Waals surface area contributed by atoms with Crippen LogP contribution in [0.1, 0.15) is 12.8 Å². The van der Waals surface area contributed by atoms with Crippen molar-refractivity contribution in [3.63, 3.8) is 0 Å². The van der Waals surface area contributed by atoms with Crippen LogP contribution in [0.2, 0.25) is 0 Å². The smallest absolute Gasteiger partial charge is 0.337 e. The fraction of sp³-hybridized carbons (Fsp3) is 0.625. The Morgan fingerprint density at radius 3 is 1.85 bits per heavy atom. The Balaban J connectivity index is 5.55. The molecule has 1 atom stereocenters. The number of aliphatic carboxylic acids is 1. The highest BCUT2D eigenvalue weighted by molar-refractivity contribution is 7.45. The molecule has 12 heteroatoms. The third kappa shape index (κ3) is 5.23. The van der Waals surface area contributed by atoms with Crippen molar-refractivity contribution in [2.75, 3.05) is 14.2 Å². The normalized spacial score (nSPS) is 14.2.